The van der Waals surface area contributed by atoms with Crippen LogP contribution in [0.15, 0.2) is 67.3 Å². The van der Waals surface area contributed by atoms with Crippen LogP contribution in [0, 0.1) is 0 Å². The van der Waals surface area contributed by atoms with Crippen molar-refractivity contribution in [3.05, 3.63) is 72.8 Å². The van der Waals surface area contributed by atoms with Gasteiger partial charge in [-0.3, -0.25) is 4.79 Å². The summed E-state index contributed by atoms with van der Waals surface area (Å²) >= 11 is 0. The number of hydrogen-bond donors (Lipinski definition) is 1. The van der Waals surface area contributed by atoms with E-state index in [9.17, 15) is 4.79 Å². The molecule has 29 heavy (non-hydrogen) atoms. The van der Waals surface area contributed by atoms with Crippen molar-refractivity contribution in [2.75, 3.05) is 26.1 Å². The van der Waals surface area contributed by atoms with Crippen molar-refractivity contribution in [1.82, 2.24) is 9.55 Å². The number of benzene rings is 2. The summed E-state index contributed by atoms with van der Waals surface area (Å²) < 4.78 is 18.2. The maximum absolute atomic E-state index is 12.2. The van der Waals surface area contributed by atoms with Crippen molar-refractivity contribution in [1.29, 1.82) is 0 Å². The van der Waals surface area contributed by atoms with E-state index in [0.717, 1.165) is 17.9 Å². The van der Waals surface area contributed by atoms with Crippen molar-refractivity contribution < 1.29 is 19.0 Å². The lowest BCUT2D eigenvalue weighted by Gasteiger charge is -2.08. The molecular formula is C22H23N3O4. The number of aromatic nitrogens is 2. The number of carbonyl (C=O) groups is 1. The van der Waals surface area contributed by atoms with Gasteiger partial charge in [0.25, 0.3) is 0 Å². The zero-order valence-corrected chi connectivity index (χ0v) is 16.4. The van der Waals surface area contributed by atoms with Crippen LogP contribution in [0.2, 0.25) is 0 Å². The van der Waals surface area contributed by atoms with Crippen LogP contribution in [0.3, 0.4) is 0 Å². The van der Waals surface area contributed by atoms with Gasteiger partial charge in [-0.15, -0.1) is 0 Å². The number of anilines is 1. The van der Waals surface area contributed by atoms with Crippen LogP contribution in [-0.4, -0.2) is 36.3 Å². The average Bonchev–Trinajstić information content (AvgIpc) is 3.27. The van der Waals surface area contributed by atoms with Crippen LogP contribution < -0.4 is 19.5 Å². The van der Waals surface area contributed by atoms with Gasteiger partial charge in [0, 0.05) is 29.7 Å². The Balaban J connectivity index is 1.53. The number of imidazole rings is 1. The number of methoxy groups -OCH3 is 2. The number of ether oxygens (including phenoxy) is 3. The van der Waals surface area contributed by atoms with Crippen LogP contribution in [0.25, 0.3) is 6.08 Å². The first kappa shape index (κ1) is 20.0. The molecule has 0 aliphatic heterocycles. The van der Waals surface area contributed by atoms with E-state index < -0.39 is 0 Å². The van der Waals surface area contributed by atoms with E-state index >= 15 is 0 Å². The van der Waals surface area contributed by atoms with Crippen molar-refractivity contribution in [3.8, 4) is 17.2 Å². The molecule has 0 fully saturated rings. The molecule has 0 atom stereocenters. The predicted molar refractivity (Wildman–Crippen MR) is 111 cm³/mol. The highest BCUT2D eigenvalue weighted by Gasteiger charge is 2.04. The Bertz CT molecular complexity index is 951. The second kappa shape index (κ2) is 9.98. The molecule has 0 saturated carbocycles. The molecule has 3 rings (SSSR count). The second-order valence-corrected chi connectivity index (χ2v) is 6.10. The van der Waals surface area contributed by atoms with Crippen molar-refractivity contribution in [3.63, 3.8) is 0 Å². The normalized spacial score (nSPS) is 10.7. The number of carbonyl (C=O) groups excluding carboxylic acids is 1. The minimum absolute atomic E-state index is 0.247. The minimum Gasteiger partial charge on any atom is -0.497 e. The summed E-state index contributed by atoms with van der Waals surface area (Å²) in [6.45, 7) is 1.25. The molecule has 7 nitrogen and oxygen atoms in total. The molecule has 0 unspecified atom stereocenters. The summed E-state index contributed by atoms with van der Waals surface area (Å²) in [6, 6.07) is 12.6. The molecule has 3 aromatic rings. The van der Waals surface area contributed by atoms with Crippen molar-refractivity contribution in [2.45, 2.75) is 6.54 Å². The van der Waals surface area contributed by atoms with E-state index in [2.05, 4.69) is 10.3 Å². The first-order chi connectivity index (χ1) is 14.2. The molecule has 0 spiro atoms. The smallest absolute Gasteiger partial charge is 0.248 e. The molecule has 1 N–H and O–H groups in total. The third-order valence-electron chi connectivity index (χ3n) is 4.15. The summed E-state index contributed by atoms with van der Waals surface area (Å²) in [6.07, 6.45) is 8.50. The van der Waals surface area contributed by atoms with Gasteiger partial charge in [-0.1, -0.05) is 0 Å². The first-order valence-electron chi connectivity index (χ1n) is 9.07. The molecule has 0 saturated heterocycles. The van der Waals surface area contributed by atoms with Gasteiger partial charge < -0.3 is 24.1 Å². The Morgan fingerprint density at radius 1 is 1.10 bits per heavy atom. The largest absolute Gasteiger partial charge is 0.497 e. The lowest BCUT2D eigenvalue weighted by atomic mass is 10.1. The number of hydrogen-bond acceptors (Lipinski definition) is 5. The van der Waals surface area contributed by atoms with Crippen LogP contribution >= 0.6 is 0 Å². The SMILES string of the molecule is COc1ccc(OC)c(/C=C/C(=O)Nc2ccc(OCCn3ccnc3)cc2)c1. The minimum atomic E-state index is -0.247. The molecule has 1 heterocycles. The Labute approximate surface area is 169 Å². The molecule has 1 amide bonds. The summed E-state index contributed by atoms with van der Waals surface area (Å²) in [4.78, 5) is 16.2. The topological polar surface area (TPSA) is 74.6 Å². The Hall–Kier alpha value is -3.74. The Kier molecular flexibility index (Phi) is 6.89. The molecular weight excluding hydrogens is 370 g/mol. The van der Waals surface area contributed by atoms with E-state index in [4.69, 9.17) is 14.2 Å². The third kappa shape index (κ3) is 5.87. The highest BCUT2D eigenvalue weighted by Crippen LogP contribution is 2.25. The Morgan fingerprint density at radius 3 is 2.59 bits per heavy atom. The summed E-state index contributed by atoms with van der Waals surface area (Å²) in [5.41, 5.74) is 1.43. The van der Waals surface area contributed by atoms with Gasteiger partial charge in [-0.2, -0.15) is 0 Å². The zero-order valence-electron chi connectivity index (χ0n) is 16.4. The monoisotopic (exact) mass is 393 g/mol. The van der Waals surface area contributed by atoms with Crippen LogP contribution in [0.1, 0.15) is 5.56 Å². The fourth-order valence-electron chi connectivity index (χ4n) is 2.64. The highest BCUT2D eigenvalue weighted by molar-refractivity contribution is 6.02. The maximum atomic E-state index is 12.2. The molecule has 1 aromatic heterocycles. The van der Waals surface area contributed by atoms with Gasteiger partial charge in [0.05, 0.1) is 27.1 Å². The van der Waals surface area contributed by atoms with E-state index in [-0.39, 0.29) is 5.91 Å². The van der Waals surface area contributed by atoms with E-state index in [0.29, 0.717) is 23.8 Å². The second-order valence-electron chi connectivity index (χ2n) is 6.10. The lowest BCUT2D eigenvalue weighted by Crippen LogP contribution is -2.08. The number of nitrogens with one attached hydrogen (secondary N) is 1. The highest BCUT2D eigenvalue weighted by atomic mass is 16.5. The maximum Gasteiger partial charge on any atom is 0.248 e. The van der Waals surface area contributed by atoms with E-state index in [1.165, 1.54) is 6.08 Å². The number of amides is 1. The van der Waals surface area contributed by atoms with Gasteiger partial charge in [-0.25, -0.2) is 4.98 Å². The summed E-state index contributed by atoms with van der Waals surface area (Å²) in [5.74, 6) is 1.84. The number of rotatable bonds is 9. The van der Waals surface area contributed by atoms with Crippen LogP contribution in [0.5, 0.6) is 17.2 Å². The molecule has 0 aliphatic carbocycles. The fraction of sp³-hybridized carbons (Fsp3) is 0.182. The zero-order chi connectivity index (χ0) is 20.5. The predicted octanol–water partition coefficient (Wildman–Crippen LogP) is 3.63. The molecule has 2 aromatic carbocycles. The van der Waals surface area contributed by atoms with Crippen LogP contribution in [-0.2, 0) is 11.3 Å². The van der Waals surface area contributed by atoms with Gasteiger partial charge in [-0.05, 0) is 48.5 Å². The van der Waals surface area contributed by atoms with Crippen LogP contribution in [0.4, 0.5) is 5.69 Å². The fourth-order valence-corrected chi connectivity index (χ4v) is 2.64. The van der Waals surface area contributed by atoms with Gasteiger partial charge >= 0.3 is 0 Å². The third-order valence-corrected chi connectivity index (χ3v) is 4.15. The standard InChI is InChI=1S/C22H23N3O4/c1-27-20-8-9-21(28-2)17(15-20)3-10-22(26)24-18-4-6-19(7-5-18)29-14-13-25-12-11-23-16-25/h3-12,15-16H,13-14H2,1-2H3,(H,24,26)/b10-3+. The first-order valence-corrected chi connectivity index (χ1v) is 9.07. The molecule has 0 bridgehead atoms. The molecule has 0 radical (unpaired) electrons. The van der Waals surface area contributed by atoms with Crippen molar-refractivity contribution in [2.24, 2.45) is 0 Å². The average molecular weight is 393 g/mol. The lowest BCUT2D eigenvalue weighted by molar-refractivity contribution is -0.111. The van der Waals surface area contributed by atoms with Gasteiger partial charge in [0.1, 0.15) is 23.9 Å². The summed E-state index contributed by atoms with van der Waals surface area (Å²) in [7, 11) is 3.17. The van der Waals surface area contributed by atoms with E-state index in [1.807, 2.05) is 22.9 Å². The molecule has 0 aliphatic rings. The Morgan fingerprint density at radius 2 is 1.90 bits per heavy atom. The van der Waals surface area contributed by atoms with Gasteiger partial charge in [0.15, 0.2) is 0 Å². The molecule has 150 valence electrons. The summed E-state index contributed by atoms with van der Waals surface area (Å²) in [5, 5.41) is 2.82. The number of nitrogens with zero attached hydrogens (tertiary/aromatic N) is 2. The van der Waals surface area contributed by atoms with E-state index in [1.54, 1.807) is 63.2 Å². The quantitative estimate of drug-likeness (QED) is 0.562. The molecule has 7 heteroatoms. The van der Waals surface area contributed by atoms with Gasteiger partial charge in [0.2, 0.25) is 5.91 Å². The van der Waals surface area contributed by atoms with Crippen molar-refractivity contribution >= 4 is 17.7 Å².